The van der Waals surface area contributed by atoms with Crippen LogP contribution in [0.3, 0.4) is 0 Å². The predicted octanol–water partition coefficient (Wildman–Crippen LogP) is 0.678. The van der Waals surface area contributed by atoms with Gasteiger partial charge in [0.2, 0.25) is 13.1 Å². The zero-order valence-corrected chi connectivity index (χ0v) is 20.1. The maximum absolute atomic E-state index is 10.3. The van der Waals surface area contributed by atoms with E-state index in [1.807, 2.05) is 24.3 Å². The average molecular weight is 519 g/mol. The molecule has 11 heteroatoms. The third-order valence-electron chi connectivity index (χ3n) is 7.60. The molecule has 11 nitrogen and oxygen atoms in total. The zero-order valence-electron chi connectivity index (χ0n) is 20.1. The fourth-order valence-electron chi connectivity index (χ4n) is 5.57. The molecule has 3 fully saturated rings. The highest BCUT2D eigenvalue weighted by molar-refractivity contribution is 5.46. The molecule has 0 saturated carbocycles. The van der Waals surface area contributed by atoms with E-state index in [2.05, 4.69) is 0 Å². The van der Waals surface area contributed by atoms with Gasteiger partial charge < -0.3 is 53.6 Å². The number of hydrogen-bond acceptors (Lipinski definition) is 11. The Bertz CT molecular complexity index is 1120. The Morgan fingerprint density at radius 1 is 0.811 bits per heavy atom. The van der Waals surface area contributed by atoms with E-state index in [0.29, 0.717) is 19.0 Å². The van der Waals surface area contributed by atoms with Gasteiger partial charge in [-0.1, -0.05) is 12.1 Å². The fraction of sp³-hybridized carbons (Fsp3) is 0.538. The van der Waals surface area contributed by atoms with Crippen LogP contribution in [0.2, 0.25) is 0 Å². The van der Waals surface area contributed by atoms with Crippen LogP contribution in [-0.2, 0) is 14.2 Å². The van der Waals surface area contributed by atoms with E-state index in [9.17, 15) is 20.4 Å². The van der Waals surface area contributed by atoms with Crippen molar-refractivity contribution in [1.29, 1.82) is 0 Å². The minimum atomic E-state index is -1.54. The lowest BCUT2D eigenvalue weighted by Crippen LogP contribution is -2.60. The van der Waals surface area contributed by atoms with E-state index in [1.54, 1.807) is 12.1 Å². The van der Waals surface area contributed by atoms with Crippen molar-refractivity contribution in [2.75, 3.05) is 33.7 Å². The lowest BCUT2D eigenvalue weighted by atomic mass is 9.85. The molecular weight excluding hydrogens is 488 g/mol. The Balaban J connectivity index is 1.18. The van der Waals surface area contributed by atoms with E-state index in [-0.39, 0.29) is 36.6 Å². The third-order valence-corrected chi connectivity index (χ3v) is 7.60. The van der Waals surface area contributed by atoms with Gasteiger partial charge in [-0.2, -0.15) is 0 Å². The predicted molar refractivity (Wildman–Crippen MR) is 124 cm³/mol. The van der Waals surface area contributed by atoms with Crippen LogP contribution in [0.5, 0.6) is 23.0 Å². The second-order valence-corrected chi connectivity index (χ2v) is 9.67. The van der Waals surface area contributed by atoms with E-state index in [1.165, 1.54) is 7.11 Å². The molecule has 2 aromatic rings. The third kappa shape index (κ3) is 4.30. The fourth-order valence-corrected chi connectivity index (χ4v) is 5.57. The van der Waals surface area contributed by atoms with Crippen molar-refractivity contribution < 1.29 is 53.6 Å². The van der Waals surface area contributed by atoms with Gasteiger partial charge in [0, 0.05) is 11.8 Å². The molecule has 0 bridgehead atoms. The summed E-state index contributed by atoms with van der Waals surface area (Å²) in [6.07, 6.45) is -7.23. The van der Waals surface area contributed by atoms with Gasteiger partial charge in [-0.25, -0.2) is 0 Å². The molecule has 0 spiro atoms. The summed E-state index contributed by atoms with van der Waals surface area (Å²) in [5.41, 5.74) is 1.92. The van der Waals surface area contributed by atoms with Crippen LogP contribution in [0.25, 0.3) is 0 Å². The standard InChI is InChI=1S/C26H30O11/c1-31-18-6-12(3-5-17(18)36-26-23(30)22(29)21(28)20(8-27)37-26)24-14-9-33-25(15(14)10-32-24)13-2-4-16-19(7-13)35-11-34-16/h2-7,14-15,20-30H,8-11H2,1H3/t14-,15-,20+,21+,22+,23-,24+,25+,26+/m0/s1. The van der Waals surface area contributed by atoms with Gasteiger partial charge in [0.15, 0.2) is 23.0 Å². The number of rotatable bonds is 6. The number of hydrogen-bond donors (Lipinski definition) is 4. The van der Waals surface area contributed by atoms with Crippen LogP contribution in [0.4, 0.5) is 0 Å². The van der Waals surface area contributed by atoms with Crippen molar-refractivity contribution >= 4 is 0 Å². The molecule has 200 valence electrons. The molecule has 4 N–H and O–H groups in total. The second kappa shape index (κ2) is 9.91. The van der Waals surface area contributed by atoms with E-state index in [0.717, 1.165) is 22.6 Å². The molecule has 2 aromatic carbocycles. The van der Waals surface area contributed by atoms with Crippen LogP contribution in [0, 0.1) is 11.8 Å². The zero-order chi connectivity index (χ0) is 25.7. The summed E-state index contributed by atoms with van der Waals surface area (Å²) in [5.74, 6) is 2.41. The molecule has 0 radical (unpaired) electrons. The highest BCUT2D eigenvalue weighted by atomic mass is 16.7. The average Bonchev–Trinajstić information content (AvgIpc) is 3.65. The lowest BCUT2D eigenvalue weighted by Gasteiger charge is -2.39. The molecule has 0 amide bonds. The minimum absolute atomic E-state index is 0.111. The van der Waals surface area contributed by atoms with Gasteiger partial charge in [0.25, 0.3) is 0 Å². The quantitative estimate of drug-likeness (QED) is 0.428. The van der Waals surface area contributed by atoms with Crippen molar-refractivity contribution in [1.82, 2.24) is 0 Å². The summed E-state index contributed by atoms with van der Waals surface area (Å²) in [6, 6.07) is 11.2. The Hall–Kier alpha value is -2.64. The molecule has 4 aliphatic rings. The van der Waals surface area contributed by atoms with Crippen molar-refractivity contribution in [3.05, 3.63) is 47.5 Å². The first-order chi connectivity index (χ1) is 18.0. The summed E-state index contributed by atoms with van der Waals surface area (Å²) in [7, 11) is 1.49. The molecule has 4 heterocycles. The van der Waals surface area contributed by atoms with Crippen LogP contribution < -0.4 is 18.9 Å². The van der Waals surface area contributed by atoms with Crippen LogP contribution >= 0.6 is 0 Å². The second-order valence-electron chi connectivity index (χ2n) is 9.67. The van der Waals surface area contributed by atoms with Gasteiger partial charge in [-0.3, -0.25) is 0 Å². The van der Waals surface area contributed by atoms with E-state index < -0.39 is 37.3 Å². The molecule has 9 atom stereocenters. The maximum Gasteiger partial charge on any atom is 0.231 e. The number of aliphatic hydroxyl groups excluding tert-OH is 4. The Morgan fingerprint density at radius 3 is 2.19 bits per heavy atom. The number of benzene rings is 2. The maximum atomic E-state index is 10.3. The van der Waals surface area contributed by atoms with Crippen molar-refractivity contribution in [2.24, 2.45) is 11.8 Å². The number of ether oxygens (including phenoxy) is 7. The number of aliphatic hydroxyl groups is 4. The molecule has 3 saturated heterocycles. The highest BCUT2D eigenvalue weighted by Crippen LogP contribution is 2.52. The number of methoxy groups -OCH3 is 1. The molecule has 37 heavy (non-hydrogen) atoms. The summed E-state index contributed by atoms with van der Waals surface area (Å²) in [6.45, 7) is 0.761. The summed E-state index contributed by atoms with van der Waals surface area (Å²) < 4.78 is 40.2. The van der Waals surface area contributed by atoms with Gasteiger partial charge in [-0.15, -0.1) is 0 Å². The molecular formula is C26H30O11. The summed E-state index contributed by atoms with van der Waals surface area (Å²) in [5, 5.41) is 39.8. The van der Waals surface area contributed by atoms with E-state index >= 15 is 0 Å². The van der Waals surface area contributed by atoms with Crippen LogP contribution in [0.1, 0.15) is 23.3 Å². The SMILES string of the molecule is COc1cc([C@H]2OC[C@H]3[C@@H]2CO[C@@H]3c2ccc3c(c2)OCO3)ccc1O[C@@H]1O[C@H](CO)[C@@H](O)[C@@H](O)[C@@H]1O. The summed E-state index contributed by atoms with van der Waals surface area (Å²) in [4.78, 5) is 0. The van der Waals surface area contributed by atoms with Crippen molar-refractivity contribution in [3.63, 3.8) is 0 Å². The molecule has 0 unspecified atom stereocenters. The van der Waals surface area contributed by atoms with Gasteiger partial charge in [-0.05, 0) is 35.4 Å². The van der Waals surface area contributed by atoms with Gasteiger partial charge in [0.05, 0.1) is 39.1 Å². The van der Waals surface area contributed by atoms with Gasteiger partial charge >= 0.3 is 0 Å². The summed E-state index contributed by atoms with van der Waals surface area (Å²) >= 11 is 0. The first-order valence-corrected chi connectivity index (χ1v) is 12.3. The van der Waals surface area contributed by atoms with Crippen molar-refractivity contribution in [2.45, 2.75) is 42.9 Å². The first kappa shape index (κ1) is 24.7. The Labute approximate surface area is 213 Å². The lowest BCUT2D eigenvalue weighted by molar-refractivity contribution is -0.277. The van der Waals surface area contributed by atoms with Crippen LogP contribution in [-0.4, -0.2) is 84.9 Å². The first-order valence-electron chi connectivity index (χ1n) is 12.3. The minimum Gasteiger partial charge on any atom is -0.493 e. The van der Waals surface area contributed by atoms with Crippen molar-refractivity contribution in [3.8, 4) is 23.0 Å². The molecule has 0 aliphatic carbocycles. The monoisotopic (exact) mass is 518 g/mol. The molecule has 0 aromatic heterocycles. The number of fused-ring (bicyclic) bond motifs is 2. The smallest absolute Gasteiger partial charge is 0.231 e. The Morgan fingerprint density at radius 2 is 1.49 bits per heavy atom. The topological polar surface area (TPSA) is 146 Å². The van der Waals surface area contributed by atoms with Gasteiger partial charge in [0.1, 0.15) is 24.4 Å². The van der Waals surface area contributed by atoms with Crippen LogP contribution in [0.15, 0.2) is 36.4 Å². The normalized spacial score (nSPS) is 36.4. The highest BCUT2D eigenvalue weighted by Gasteiger charge is 2.49. The molecule has 6 rings (SSSR count). The van der Waals surface area contributed by atoms with E-state index in [4.69, 9.17) is 33.2 Å². The largest absolute Gasteiger partial charge is 0.493 e. The Kier molecular flexibility index (Phi) is 6.61. The molecule has 4 aliphatic heterocycles.